The Labute approximate surface area is 251 Å². The Hall–Kier alpha value is -4.43. The van der Waals surface area contributed by atoms with Gasteiger partial charge in [0.2, 0.25) is 11.7 Å². The third kappa shape index (κ3) is 6.55. The van der Waals surface area contributed by atoms with E-state index in [9.17, 15) is 13.2 Å². The number of likely N-dealkylation sites (tertiary alicyclic amines) is 1. The summed E-state index contributed by atoms with van der Waals surface area (Å²) in [5.74, 6) is 0.399. The molecule has 1 N–H and O–H groups in total. The number of fused-ring (bicyclic) bond motifs is 1. The summed E-state index contributed by atoms with van der Waals surface area (Å²) in [6.45, 7) is 11.2. The lowest BCUT2D eigenvalue weighted by molar-refractivity contribution is -0.144. The second-order valence-electron chi connectivity index (χ2n) is 10.8. The van der Waals surface area contributed by atoms with Crippen LogP contribution in [0, 0.1) is 0 Å². The first-order valence-corrected chi connectivity index (χ1v) is 14.4. The first kappa shape index (κ1) is 29.6. The second-order valence-corrected chi connectivity index (χ2v) is 10.8. The number of nitrogens with zero attached hydrogens (tertiary/aromatic N) is 8. The van der Waals surface area contributed by atoms with E-state index in [-0.39, 0.29) is 24.2 Å². The van der Waals surface area contributed by atoms with Crippen LogP contribution in [0.3, 0.4) is 0 Å². The molecule has 2 fully saturated rings. The van der Waals surface area contributed by atoms with E-state index in [2.05, 4.69) is 42.8 Å². The van der Waals surface area contributed by atoms with Gasteiger partial charge in [-0.2, -0.15) is 18.3 Å². The van der Waals surface area contributed by atoms with Crippen molar-refractivity contribution in [2.75, 3.05) is 26.3 Å². The summed E-state index contributed by atoms with van der Waals surface area (Å²) >= 11 is 0. The Morgan fingerprint density at radius 2 is 2.00 bits per heavy atom. The Morgan fingerprint density at radius 3 is 2.68 bits per heavy atom. The molecule has 0 amide bonds. The van der Waals surface area contributed by atoms with Crippen LogP contribution in [0.1, 0.15) is 42.5 Å². The molecule has 0 saturated carbocycles. The molecule has 0 aromatic carbocycles. The molecular formula is C30H32F3N9O2. The highest BCUT2D eigenvalue weighted by Gasteiger charge is 2.35. The van der Waals surface area contributed by atoms with Crippen molar-refractivity contribution >= 4 is 17.8 Å². The molecule has 6 heterocycles. The number of aromatic nitrogens is 7. The van der Waals surface area contributed by atoms with E-state index < -0.39 is 12.0 Å². The number of halogens is 3. The van der Waals surface area contributed by atoms with E-state index in [4.69, 9.17) is 19.4 Å². The van der Waals surface area contributed by atoms with Crippen molar-refractivity contribution in [1.29, 1.82) is 0 Å². The lowest BCUT2D eigenvalue weighted by Crippen LogP contribution is -2.35. The molecule has 0 bridgehead atoms. The van der Waals surface area contributed by atoms with Gasteiger partial charge in [0.1, 0.15) is 18.1 Å². The summed E-state index contributed by atoms with van der Waals surface area (Å²) in [6.07, 6.45) is 3.29. The molecule has 4 aromatic heterocycles. The van der Waals surface area contributed by atoms with Crippen molar-refractivity contribution in [2.24, 2.45) is 4.99 Å². The van der Waals surface area contributed by atoms with Crippen LogP contribution in [0.2, 0.25) is 0 Å². The quantitative estimate of drug-likeness (QED) is 0.188. The molecular weight excluding hydrogens is 575 g/mol. The summed E-state index contributed by atoms with van der Waals surface area (Å²) in [7, 11) is 0. The van der Waals surface area contributed by atoms with Gasteiger partial charge >= 0.3 is 6.18 Å². The molecule has 14 heteroatoms. The number of aromatic amines is 1. The highest BCUT2D eigenvalue weighted by molar-refractivity contribution is 5.78. The van der Waals surface area contributed by atoms with Gasteiger partial charge in [-0.05, 0) is 57.3 Å². The molecule has 2 aliphatic rings. The number of alkyl halides is 3. The SMILES string of the molecule is C=C/C=C(/COc1cccc(C2CCN(Cc3nc4cc(-c5n[nH]c(C(F)(F)F)n5)ncc4n3C[C@@H]3CCO3)CC2)n1)N=C. The average molecular weight is 608 g/mol. The third-order valence-electron chi connectivity index (χ3n) is 7.87. The Balaban J connectivity index is 1.15. The topological polar surface area (TPSA) is 119 Å². The number of allylic oxidation sites excluding steroid dienone is 2. The number of hydrogen-bond acceptors (Lipinski definition) is 9. The Bertz CT molecular complexity index is 1670. The van der Waals surface area contributed by atoms with Gasteiger partial charge in [0.15, 0.2) is 5.82 Å². The fourth-order valence-electron chi connectivity index (χ4n) is 5.41. The molecule has 230 valence electrons. The number of piperidine rings is 1. The van der Waals surface area contributed by atoms with Crippen LogP contribution in [-0.2, 0) is 24.0 Å². The number of imidazole rings is 1. The number of pyridine rings is 2. The molecule has 2 saturated heterocycles. The summed E-state index contributed by atoms with van der Waals surface area (Å²) < 4.78 is 52.7. The van der Waals surface area contributed by atoms with E-state index in [1.165, 1.54) is 0 Å². The molecule has 0 unspecified atom stereocenters. The minimum absolute atomic E-state index is 0.0880. The number of H-pyrrole nitrogens is 1. The normalized spacial score (nSPS) is 18.3. The zero-order chi connectivity index (χ0) is 30.7. The van der Waals surface area contributed by atoms with Crippen molar-refractivity contribution in [1.82, 2.24) is 39.6 Å². The van der Waals surface area contributed by atoms with E-state index in [1.54, 1.807) is 24.4 Å². The molecule has 0 radical (unpaired) electrons. The maximum absolute atomic E-state index is 13.0. The minimum atomic E-state index is -4.62. The van der Waals surface area contributed by atoms with Crippen molar-refractivity contribution in [2.45, 2.75) is 50.6 Å². The summed E-state index contributed by atoms with van der Waals surface area (Å²) in [5, 5.41) is 5.66. The molecule has 44 heavy (non-hydrogen) atoms. The van der Waals surface area contributed by atoms with Gasteiger partial charge in [-0.15, -0.1) is 0 Å². The molecule has 0 spiro atoms. The first-order valence-electron chi connectivity index (χ1n) is 14.4. The number of aliphatic imine (C=N–C) groups is 1. The predicted octanol–water partition coefficient (Wildman–Crippen LogP) is 4.95. The van der Waals surface area contributed by atoms with Crippen LogP contribution in [0.5, 0.6) is 5.88 Å². The third-order valence-corrected chi connectivity index (χ3v) is 7.87. The second kappa shape index (κ2) is 12.7. The van der Waals surface area contributed by atoms with Crippen LogP contribution in [-0.4, -0.2) is 78.7 Å². The van der Waals surface area contributed by atoms with E-state index >= 15 is 0 Å². The van der Waals surface area contributed by atoms with Gasteiger partial charge in [0.05, 0.1) is 42.1 Å². The Morgan fingerprint density at radius 1 is 1.18 bits per heavy atom. The highest BCUT2D eigenvalue weighted by atomic mass is 19.4. The van der Waals surface area contributed by atoms with Crippen molar-refractivity contribution in [3.05, 3.63) is 72.2 Å². The lowest BCUT2D eigenvalue weighted by atomic mass is 9.93. The van der Waals surface area contributed by atoms with Gasteiger partial charge in [-0.1, -0.05) is 18.7 Å². The molecule has 4 aromatic rings. The lowest BCUT2D eigenvalue weighted by Gasteiger charge is -2.32. The fourth-order valence-corrected chi connectivity index (χ4v) is 5.41. The van der Waals surface area contributed by atoms with Crippen molar-refractivity contribution in [3.63, 3.8) is 0 Å². The van der Waals surface area contributed by atoms with Crippen LogP contribution >= 0.6 is 0 Å². The molecule has 6 rings (SSSR count). The zero-order valence-corrected chi connectivity index (χ0v) is 24.0. The maximum atomic E-state index is 13.0. The summed E-state index contributed by atoms with van der Waals surface area (Å²) in [5.41, 5.74) is 3.30. The minimum Gasteiger partial charge on any atom is -0.471 e. The Kier molecular flexibility index (Phi) is 8.53. The van der Waals surface area contributed by atoms with Crippen LogP contribution in [0.4, 0.5) is 13.2 Å². The van der Waals surface area contributed by atoms with Gasteiger partial charge in [-0.3, -0.25) is 20.0 Å². The largest absolute Gasteiger partial charge is 0.471 e. The van der Waals surface area contributed by atoms with Crippen LogP contribution in [0.25, 0.3) is 22.6 Å². The number of hydrogen-bond donors (Lipinski definition) is 1. The van der Waals surface area contributed by atoms with E-state index in [1.807, 2.05) is 23.3 Å². The smallest absolute Gasteiger partial charge is 0.451 e. The van der Waals surface area contributed by atoms with Crippen molar-refractivity contribution in [3.8, 4) is 17.4 Å². The zero-order valence-electron chi connectivity index (χ0n) is 24.0. The first-order chi connectivity index (χ1) is 21.3. The number of ether oxygens (including phenoxy) is 2. The van der Waals surface area contributed by atoms with Gasteiger partial charge < -0.3 is 14.0 Å². The van der Waals surface area contributed by atoms with Gasteiger partial charge in [0.25, 0.3) is 0 Å². The van der Waals surface area contributed by atoms with Crippen LogP contribution in [0.15, 0.2) is 59.9 Å². The molecule has 0 aliphatic carbocycles. The summed E-state index contributed by atoms with van der Waals surface area (Å²) in [6, 6.07) is 7.46. The molecule has 11 nitrogen and oxygen atoms in total. The number of nitrogens with one attached hydrogen (secondary N) is 1. The number of rotatable bonds is 11. The van der Waals surface area contributed by atoms with Gasteiger partial charge in [-0.25, -0.2) is 15.0 Å². The molecule has 1 atom stereocenters. The van der Waals surface area contributed by atoms with E-state index in [0.29, 0.717) is 36.1 Å². The fraction of sp³-hybridized carbons (Fsp3) is 0.400. The average Bonchev–Trinajstić information content (AvgIpc) is 3.63. The predicted molar refractivity (Wildman–Crippen MR) is 157 cm³/mol. The maximum Gasteiger partial charge on any atom is 0.451 e. The molecule has 2 aliphatic heterocycles. The van der Waals surface area contributed by atoms with E-state index in [0.717, 1.165) is 56.0 Å². The standard InChI is InChI=1S/C30H32F3N9O2/c1-3-5-20(34-2)18-44-27-7-4-6-22(37-27)19-8-11-41(12-9-19)17-26-36-23-14-24(28-38-29(40-39-28)30(31,32)33)35-15-25(23)42(26)16-21-10-13-43-21/h3-7,14-15,19,21H,1-2,8-13,16-18H2,(H,38,39,40)/b20-5-/t21-/m0/s1. The monoisotopic (exact) mass is 607 g/mol. The van der Waals surface area contributed by atoms with Crippen molar-refractivity contribution < 1.29 is 22.6 Å². The highest BCUT2D eigenvalue weighted by Crippen LogP contribution is 2.31. The van der Waals surface area contributed by atoms with Gasteiger partial charge in [0, 0.05) is 24.3 Å². The van der Waals surface area contributed by atoms with Crippen LogP contribution < -0.4 is 4.74 Å². The summed E-state index contributed by atoms with van der Waals surface area (Å²) in [4.78, 5) is 23.9.